The summed E-state index contributed by atoms with van der Waals surface area (Å²) in [7, 11) is 0. The van der Waals surface area contributed by atoms with Gasteiger partial charge in [0.05, 0.1) is 18.4 Å². The predicted octanol–water partition coefficient (Wildman–Crippen LogP) is 2.02. The zero-order valence-corrected chi connectivity index (χ0v) is 12.1. The fraction of sp³-hybridized carbons (Fsp3) is 0.500. The van der Waals surface area contributed by atoms with Gasteiger partial charge in [0.2, 0.25) is 0 Å². The van der Waals surface area contributed by atoms with Crippen molar-refractivity contribution in [2.24, 2.45) is 0 Å². The van der Waals surface area contributed by atoms with E-state index in [4.69, 9.17) is 4.74 Å². The number of pyridine rings is 1. The molecule has 0 aliphatic carbocycles. The number of carbonyl (C=O) groups is 2. The molecular formula is C14H19FN2O3. The highest BCUT2D eigenvalue weighted by Crippen LogP contribution is 2.17. The van der Waals surface area contributed by atoms with Gasteiger partial charge in [0.15, 0.2) is 0 Å². The summed E-state index contributed by atoms with van der Waals surface area (Å²) in [5.41, 5.74) is -0.500. The topological polar surface area (TPSA) is 59.5 Å². The van der Waals surface area contributed by atoms with Gasteiger partial charge >= 0.3 is 5.97 Å². The van der Waals surface area contributed by atoms with Gasteiger partial charge in [-0.15, -0.1) is 0 Å². The first-order valence-corrected chi connectivity index (χ1v) is 6.34. The predicted molar refractivity (Wildman–Crippen MR) is 71.6 cm³/mol. The molecule has 0 spiro atoms. The maximum atomic E-state index is 13.1. The maximum Gasteiger partial charge on any atom is 0.325 e. The van der Waals surface area contributed by atoms with Crippen molar-refractivity contribution in [3.63, 3.8) is 0 Å². The molecule has 0 N–H and O–H groups in total. The Labute approximate surface area is 117 Å². The minimum atomic E-state index is -0.601. The fourth-order valence-electron chi connectivity index (χ4n) is 1.63. The van der Waals surface area contributed by atoms with Crippen LogP contribution in [0.3, 0.4) is 0 Å². The van der Waals surface area contributed by atoms with E-state index in [0.29, 0.717) is 0 Å². The summed E-state index contributed by atoms with van der Waals surface area (Å²) in [6.45, 7) is 7.11. The molecule has 1 amide bonds. The molecule has 0 saturated carbocycles. The molecular weight excluding hydrogens is 263 g/mol. The van der Waals surface area contributed by atoms with Crippen molar-refractivity contribution in [1.82, 2.24) is 9.88 Å². The smallest absolute Gasteiger partial charge is 0.325 e. The molecule has 5 nitrogen and oxygen atoms in total. The fourth-order valence-corrected chi connectivity index (χ4v) is 1.63. The van der Waals surface area contributed by atoms with Crippen molar-refractivity contribution < 1.29 is 18.7 Å². The minimum Gasteiger partial charge on any atom is -0.465 e. The molecule has 0 bridgehead atoms. The summed E-state index contributed by atoms with van der Waals surface area (Å²) in [4.78, 5) is 29.0. The van der Waals surface area contributed by atoms with Gasteiger partial charge in [-0.1, -0.05) is 0 Å². The largest absolute Gasteiger partial charge is 0.465 e. The summed E-state index contributed by atoms with van der Waals surface area (Å²) in [5.74, 6) is -1.56. The Bertz CT molecular complexity index is 497. The Morgan fingerprint density at radius 2 is 2.00 bits per heavy atom. The zero-order chi connectivity index (χ0) is 15.3. The van der Waals surface area contributed by atoms with E-state index >= 15 is 0 Å². The third-order valence-corrected chi connectivity index (χ3v) is 2.60. The second kappa shape index (κ2) is 6.45. The van der Waals surface area contributed by atoms with E-state index in [1.807, 2.05) is 0 Å². The summed E-state index contributed by atoms with van der Waals surface area (Å²) < 4.78 is 18.0. The average molecular weight is 282 g/mol. The number of halogens is 1. The van der Waals surface area contributed by atoms with Crippen LogP contribution >= 0.6 is 0 Å². The molecule has 0 aliphatic heterocycles. The highest BCUT2D eigenvalue weighted by atomic mass is 19.1. The van der Waals surface area contributed by atoms with Gasteiger partial charge in [-0.2, -0.15) is 0 Å². The van der Waals surface area contributed by atoms with E-state index in [-0.39, 0.29) is 18.7 Å². The van der Waals surface area contributed by atoms with Gasteiger partial charge in [0.1, 0.15) is 12.4 Å². The van der Waals surface area contributed by atoms with Crippen molar-refractivity contribution in [2.75, 3.05) is 13.2 Å². The average Bonchev–Trinajstić information content (AvgIpc) is 2.34. The molecule has 0 radical (unpaired) electrons. The van der Waals surface area contributed by atoms with Crippen LogP contribution in [0.25, 0.3) is 0 Å². The number of nitrogens with zero attached hydrogens (tertiary/aromatic N) is 2. The van der Waals surface area contributed by atoms with E-state index in [1.54, 1.807) is 27.7 Å². The molecule has 0 saturated heterocycles. The van der Waals surface area contributed by atoms with Crippen LogP contribution in [0.5, 0.6) is 0 Å². The van der Waals surface area contributed by atoms with Crippen LogP contribution in [-0.2, 0) is 9.53 Å². The second-order valence-corrected chi connectivity index (χ2v) is 5.26. The Kier molecular flexibility index (Phi) is 5.19. The number of amides is 1. The first-order valence-electron chi connectivity index (χ1n) is 6.34. The van der Waals surface area contributed by atoms with Crippen LogP contribution < -0.4 is 0 Å². The Balaban J connectivity index is 2.99. The highest BCUT2D eigenvalue weighted by molar-refractivity contribution is 5.96. The zero-order valence-electron chi connectivity index (χ0n) is 12.1. The molecule has 1 heterocycles. The number of rotatable bonds is 4. The number of carbonyl (C=O) groups excluding carboxylic acids is 2. The minimum absolute atomic E-state index is 0.101. The van der Waals surface area contributed by atoms with Gasteiger partial charge in [0, 0.05) is 11.7 Å². The highest BCUT2D eigenvalue weighted by Gasteiger charge is 2.30. The third kappa shape index (κ3) is 4.29. The van der Waals surface area contributed by atoms with Gasteiger partial charge in [-0.05, 0) is 33.8 Å². The van der Waals surface area contributed by atoms with E-state index in [9.17, 15) is 14.0 Å². The van der Waals surface area contributed by atoms with Crippen molar-refractivity contribution in [3.05, 3.63) is 29.8 Å². The second-order valence-electron chi connectivity index (χ2n) is 5.26. The molecule has 6 heteroatoms. The van der Waals surface area contributed by atoms with Crippen molar-refractivity contribution >= 4 is 11.9 Å². The Morgan fingerprint density at radius 3 is 2.50 bits per heavy atom. The number of ether oxygens (including phenoxy) is 1. The lowest BCUT2D eigenvalue weighted by Gasteiger charge is -2.34. The lowest BCUT2D eigenvalue weighted by Crippen LogP contribution is -2.48. The van der Waals surface area contributed by atoms with Crippen LogP contribution in [-0.4, -0.2) is 40.5 Å². The van der Waals surface area contributed by atoms with Crippen LogP contribution in [0, 0.1) is 5.82 Å². The van der Waals surface area contributed by atoms with E-state index in [0.717, 1.165) is 12.3 Å². The van der Waals surface area contributed by atoms with Crippen LogP contribution in [0.15, 0.2) is 18.5 Å². The first kappa shape index (κ1) is 16.1. The van der Waals surface area contributed by atoms with Gasteiger partial charge in [0.25, 0.3) is 5.91 Å². The number of esters is 1. The van der Waals surface area contributed by atoms with Crippen LogP contribution in [0.4, 0.5) is 4.39 Å². The van der Waals surface area contributed by atoms with E-state index in [1.165, 1.54) is 11.1 Å². The molecule has 110 valence electrons. The summed E-state index contributed by atoms with van der Waals surface area (Å²) in [6.07, 6.45) is 2.29. The molecule has 0 atom stereocenters. The maximum absolute atomic E-state index is 13.1. The van der Waals surface area contributed by atoms with Crippen molar-refractivity contribution in [1.29, 1.82) is 0 Å². The van der Waals surface area contributed by atoms with Crippen LogP contribution in [0.1, 0.15) is 38.1 Å². The normalized spacial score (nSPS) is 11.1. The van der Waals surface area contributed by atoms with Gasteiger partial charge in [-0.25, -0.2) is 4.39 Å². The number of hydrogen-bond acceptors (Lipinski definition) is 4. The SMILES string of the molecule is CCOC(=O)CN(C(=O)c1cncc(F)c1)C(C)(C)C. The molecule has 0 unspecified atom stereocenters. The van der Waals surface area contributed by atoms with E-state index < -0.39 is 23.2 Å². The monoisotopic (exact) mass is 282 g/mol. The lowest BCUT2D eigenvalue weighted by molar-refractivity contribution is -0.144. The van der Waals surface area contributed by atoms with E-state index in [2.05, 4.69) is 4.98 Å². The van der Waals surface area contributed by atoms with Crippen molar-refractivity contribution in [2.45, 2.75) is 33.2 Å². The Morgan fingerprint density at radius 1 is 1.35 bits per heavy atom. The first-order chi connectivity index (χ1) is 9.25. The summed E-state index contributed by atoms with van der Waals surface area (Å²) in [5, 5.41) is 0. The summed E-state index contributed by atoms with van der Waals surface area (Å²) in [6, 6.07) is 1.10. The van der Waals surface area contributed by atoms with Crippen molar-refractivity contribution in [3.8, 4) is 0 Å². The lowest BCUT2D eigenvalue weighted by atomic mass is 10.0. The number of aromatic nitrogens is 1. The molecule has 0 aromatic carbocycles. The van der Waals surface area contributed by atoms with Gasteiger partial charge < -0.3 is 9.64 Å². The summed E-state index contributed by atoms with van der Waals surface area (Å²) >= 11 is 0. The standard InChI is InChI=1S/C14H19FN2O3/c1-5-20-12(18)9-17(14(2,3)4)13(19)10-6-11(15)8-16-7-10/h6-8H,5,9H2,1-4H3. The molecule has 0 aliphatic rings. The van der Waals surface area contributed by atoms with Gasteiger partial charge in [-0.3, -0.25) is 14.6 Å². The molecule has 1 rings (SSSR count). The molecule has 1 aromatic rings. The van der Waals surface area contributed by atoms with Crippen LogP contribution in [0.2, 0.25) is 0 Å². The quantitative estimate of drug-likeness (QED) is 0.793. The molecule has 1 aromatic heterocycles. The number of hydrogen-bond donors (Lipinski definition) is 0. The molecule has 20 heavy (non-hydrogen) atoms. The third-order valence-electron chi connectivity index (χ3n) is 2.60. The Hall–Kier alpha value is -1.98. The molecule has 0 fully saturated rings.